The number of unbranched alkanes of at least 4 members (excludes halogenated alkanes) is 1. The number of anilines is 2. The summed E-state index contributed by atoms with van der Waals surface area (Å²) < 4.78 is 26.5. The zero-order valence-corrected chi connectivity index (χ0v) is 9.61. The molecule has 90 valence electrons. The first-order chi connectivity index (χ1) is 7.69. The summed E-state index contributed by atoms with van der Waals surface area (Å²) in [5.74, 6) is -1.13. The van der Waals surface area contributed by atoms with Crippen LogP contribution in [0.5, 0.6) is 0 Å². The van der Waals surface area contributed by atoms with Crippen molar-refractivity contribution in [2.24, 2.45) is 0 Å². The third-order valence-electron chi connectivity index (χ3n) is 2.10. The van der Waals surface area contributed by atoms with Crippen LogP contribution >= 0.6 is 0 Å². The van der Waals surface area contributed by atoms with Crippen molar-refractivity contribution in [1.82, 2.24) is 4.98 Å². The highest BCUT2D eigenvalue weighted by Crippen LogP contribution is 2.18. The monoisotopic (exact) mass is 229 g/mol. The van der Waals surface area contributed by atoms with Gasteiger partial charge in [-0.1, -0.05) is 13.3 Å². The molecule has 0 aliphatic carbocycles. The van der Waals surface area contributed by atoms with Gasteiger partial charge < -0.3 is 10.6 Å². The van der Waals surface area contributed by atoms with Crippen LogP contribution < -0.4 is 10.6 Å². The molecule has 0 spiro atoms. The van der Waals surface area contributed by atoms with Crippen LogP contribution in [0.2, 0.25) is 0 Å². The lowest BCUT2D eigenvalue weighted by Crippen LogP contribution is -2.09. The van der Waals surface area contributed by atoms with Crippen LogP contribution in [0.15, 0.2) is 6.07 Å². The van der Waals surface area contributed by atoms with E-state index in [1.54, 1.807) is 0 Å². The van der Waals surface area contributed by atoms with E-state index in [0.29, 0.717) is 13.1 Å². The molecule has 0 aromatic carbocycles. The molecule has 0 fully saturated rings. The lowest BCUT2D eigenvalue weighted by atomic mass is 10.3. The average Bonchev–Trinajstić information content (AvgIpc) is 2.25. The molecule has 0 aliphatic heterocycles. The van der Waals surface area contributed by atoms with Gasteiger partial charge in [0.05, 0.1) is 0 Å². The van der Waals surface area contributed by atoms with Gasteiger partial charge in [-0.25, -0.2) is 13.8 Å². The van der Waals surface area contributed by atoms with Crippen LogP contribution in [0.4, 0.5) is 20.4 Å². The number of nitrogens with zero attached hydrogens (tertiary/aromatic N) is 1. The Morgan fingerprint density at radius 2 is 1.75 bits per heavy atom. The summed E-state index contributed by atoms with van der Waals surface area (Å²) in [7, 11) is 0. The number of nitrogens with one attached hydrogen (secondary N) is 2. The van der Waals surface area contributed by atoms with E-state index in [9.17, 15) is 8.78 Å². The normalized spacial score (nSPS) is 10.2. The van der Waals surface area contributed by atoms with Gasteiger partial charge in [-0.15, -0.1) is 0 Å². The molecule has 0 radical (unpaired) electrons. The second-order valence-corrected chi connectivity index (χ2v) is 3.46. The largest absolute Gasteiger partial charge is 0.368 e. The van der Waals surface area contributed by atoms with Crippen molar-refractivity contribution in [2.75, 3.05) is 23.7 Å². The second kappa shape index (κ2) is 6.25. The first-order valence-electron chi connectivity index (χ1n) is 5.52. The van der Waals surface area contributed by atoms with E-state index in [4.69, 9.17) is 0 Å². The number of aromatic nitrogens is 1. The van der Waals surface area contributed by atoms with Gasteiger partial charge in [0.25, 0.3) is 0 Å². The Hall–Kier alpha value is -1.39. The molecule has 0 saturated heterocycles. The molecule has 0 amide bonds. The Kier molecular flexibility index (Phi) is 4.95. The Labute approximate surface area is 94.3 Å². The van der Waals surface area contributed by atoms with Gasteiger partial charge in [0.1, 0.15) is 0 Å². The van der Waals surface area contributed by atoms with E-state index in [1.165, 1.54) is 0 Å². The molecule has 2 N–H and O–H groups in total. The van der Waals surface area contributed by atoms with Crippen LogP contribution in [-0.2, 0) is 0 Å². The van der Waals surface area contributed by atoms with Gasteiger partial charge >= 0.3 is 0 Å². The summed E-state index contributed by atoms with van der Waals surface area (Å²) in [6.45, 7) is 5.05. The molecule has 1 rings (SSSR count). The van der Waals surface area contributed by atoms with Crippen molar-refractivity contribution in [2.45, 2.75) is 26.7 Å². The van der Waals surface area contributed by atoms with E-state index in [2.05, 4.69) is 15.6 Å². The Balaban J connectivity index is 2.78. The zero-order valence-electron chi connectivity index (χ0n) is 9.61. The molecule has 0 atom stereocenters. The average molecular weight is 229 g/mol. The third-order valence-corrected chi connectivity index (χ3v) is 2.10. The van der Waals surface area contributed by atoms with Crippen molar-refractivity contribution < 1.29 is 8.78 Å². The van der Waals surface area contributed by atoms with Crippen molar-refractivity contribution >= 4 is 11.6 Å². The summed E-state index contributed by atoms with van der Waals surface area (Å²) in [6.07, 6.45) is 1.94. The molecule has 1 aromatic rings. The van der Waals surface area contributed by atoms with E-state index in [1.807, 2.05) is 13.8 Å². The highest BCUT2D eigenvalue weighted by atomic mass is 19.1. The number of hydrogen-bond acceptors (Lipinski definition) is 3. The van der Waals surface area contributed by atoms with E-state index in [-0.39, 0.29) is 11.6 Å². The van der Waals surface area contributed by atoms with E-state index < -0.39 is 11.6 Å². The molecule has 5 heteroatoms. The lowest BCUT2D eigenvalue weighted by Gasteiger charge is -2.09. The molecule has 0 bridgehead atoms. The molecule has 0 saturated carbocycles. The smallest absolute Gasteiger partial charge is 0.168 e. The van der Waals surface area contributed by atoms with Gasteiger partial charge in [-0.3, -0.25) is 0 Å². The topological polar surface area (TPSA) is 37.0 Å². The van der Waals surface area contributed by atoms with Crippen molar-refractivity contribution in [3.8, 4) is 0 Å². The fourth-order valence-electron chi connectivity index (χ4n) is 1.27. The predicted molar refractivity (Wildman–Crippen MR) is 61.7 cm³/mol. The zero-order chi connectivity index (χ0) is 12.0. The fourth-order valence-corrected chi connectivity index (χ4v) is 1.27. The molecule has 3 nitrogen and oxygen atoms in total. The first-order valence-corrected chi connectivity index (χ1v) is 5.52. The quantitative estimate of drug-likeness (QED) is 0.736. The van der Waals surface area contributed by atoms with Gasteiger partial charge in [0.2, 0.25) is 0 Å². The summed E-state index contributed by atoms with van der Waals surface area (Å²) in [5.41, 5.74) is 0. The van der Waals surface area contributed by atoms with Crippen LogP contribution in [0.1, 0.15) is 26.7 Å². The number of hydrogen-bond donors (Lipinski definition) is 2. The van der Waals surface area contributed by atoms with Crippen LogP contribution in [0.25, 0.3) is 0 Å². The lowest BCUT2D eigenvalue weighted by molar-refractivity contribution is 0.577. The number of pyridine rings is 1. The van der Waals surface area contributed by atoms with Crippen LogP contribution in [0.3, 0.4) is 0 Å². The van der Waals surface area contributed by atoms with Gasteiger partial charge in [-0.2, -0.15) is 0 Å². The summed E-state index contributed by atoms with van der Waals surface area (Å²) in [4.78, 5) is 3.86. The highest BCUT2D eigenvalue weighted by molar-refractivity contribution is 5.47. The molecular weight excluding hydrogens is 212 g/mol. The maximum Gasteiger partial charge on any atom is 0.168 e. The molecule has 16 heavy (non-hydrogen) atoms. The first kappa shape index (κ1) is 12.7. The van der Waals surface area contributed by atoms with Crippen molar-refractivity contribution in [1.29, 1.82) is 0 Å². The standard InChI is InChI=1S/C11H17F2N3/c1-3-5-6-15-11-9(13)7-8(12)10(16-11)14-4-2/h7H,3-6H2,1-2H3,(H2,14,15,16). The highest BCUT2D eigenvalue weighted by Gasteiger charge is 2.10. The van der Waals surface area contributed by atoms with Crippen molar-refractivity contribution in [3.63, 3.8) is 0 Å². The predicted octanol–water partition coefficient (Wildman–Crippen LogP) is 3.00. The van der Waals surface area contributed by atoms with Gasteiger partial charge in [0, 0.05) is 19.2 Å². The molecule has 1 aromatic heterocycles. The minimum Gasteiger partial charge on any atom is -0.368 e. The van der Waals surface area contributed by atoms with Crippen LogP contribution in [-0.4, -0.2) is 18.1 Å². The van der Waals surface area contributed by atoms with Crippen molar-refractivity contribution in [3.05, 3.63) is 17.7 Å². The molecule has 0 unspecified atom stereocenters. The molecule has 1 heterocycles. The summed E-state index contributed by atoms with van der Waals surface area (Å²) in [5, 5.41) is 5.59. The minimum absolute atomic E-state index is 0.0860. The fraction of sp³-hybridized carbons (Fsp3) is 0.545. The SMILES string of the molecule is CCCCNc1nc(NCC)c(F)cc1F. The third kappa shape index (κ3) is 3.32. The summed E-state index contributed by atoms with van der Waals surface area (Å²) >= 11 is 0. The molecular formula is C11H17F2N3. The minimum atomic E-state index is -0.666. The maximum absolute atomic E-state index is 13.3. The number of halogens is 2. The maximum atomic E-state index is 13.3. The van der Waals surface area contributed by atoms with E-state index in [0.717, 1.165) is 18.9 Å². The number of rotatable bonds is 6. The van der Waals surface area contributed by atoms with Gasteiger partial charge in [0.15, 0.2) is 23.3 Å². The molecule has 0 aliphatic rings. The van der Waals surface area contributed by atoms with E-state index >= 15 is 0 Å². The van der Waals surface area contributed by atoms with Gasteiger partial charge in [-0.05, 0) is 13.3 Å². The Morgan fingerprint density at radius 3 is 2.31 bits per heavy atom. The second-order valence-electron chi connectivity index (χ2n) is 3.46. The van der Waals surface area contributed by atoms with Crippen LogP contribution in [0, 0.1) is 11.6 Å². The Bertz CT molecular complexity index is 342. The summed E-state index contributed by atoms with van der Waals surface area (Å²) in [6, 6.07) is 0.847. The Morgan fingerprint density at radius 1 is 1.12 bits per heavy atom.